The van der Waals surface area contributed by atoms with Gasteiger partial charge in [-0.15, -0.1) is 0 Å². The Labute approximate surface area is 119 Å². The van der Waals surface area contributed by atoms with Gasteiger partial charge in [-0.1, -0.05) is 25.7 Å². The number of aliphatic hydroxyl groups excluding tert-OH is 1. The van der Waals surface area contributed by atoms with E-state index in [0.717, 1.165) is 12.8 Å². The topological polar surface area (TPSA) is 49.3 Å². The van der Waals surface area contributed by atoms with Crippen molar-refractivity contribution in [2.24, 2.45) is 0 Å². The van der Waals surface area contributed by atoms with Crippen molar-refractivity contribution in [3.63, 3.8) is 0 Å². The Bertz CT molecular complexity index is 513. The lowest BCUT2D eigenvalue weighted by Gasteiger charge is -2.14. The standard InChI is InChI=1S/C16H20FNO2/c1-3-13(4-2)18-16(20)14-9-8-12(11-15(14)17)7-5-6-10-19/h8-9,11,13,19H,3-4,6,10H2,1-2H3,(H,18,20). The number of hydrogen-bond acceptors (Lipinski definition) is 2. The lowest BCUT2D eigenvalue weighted by Crippen LogP contribution is -2.34. The fourth-order valence-corrected chi connectivity index (χ4v) is 1.75. The Morgan fingerprint density at radius 1 is 1.40 bits per heavy atom. The van der Waals surface area contributed by atoms with Gasteiger partial charge in [-0.3, -0.25) is 4.79 Å². The number of amides is 1. The highest BCUT2D eigenvalue weighted by atomic mass is 19.1. The van der Waals surface area contributed by atoms with Crippen LogP contribution in [-0.2, 0) is 0 Å². The van der Waals surface area contributed by atoms with Crippen molar-refractivity contribution in [3.8, 4) is 11.8 Å². The molecule has 1 aromatic carbocycles. The number of rotatable bonds is 5. The number of halogens is 1. The molecule has 0 saturated carbocycles. The van der Waals surface area contributed by atoms with Gasteiger partial charge in [0.15, 0.2) is 0 Å². The van der Waals surface area contributed by atoms with Gasteiger partial charge in [0.05, 0.1) is 12.2 Å². The summed E-state index contributed by atoms with van der Waals surface area (Å²) in [6, 6.07) is 4.35. The molecule has 4 heteroatoms. The van der Waals surface area contributed by atoms with E-state index in [-0.39, 0.29) is 18.2 Å². The summed E-state index contributed by atoms with van der Waals surface area (Å²) in [5, 5.41) is 11.4. The molecule has 0 aliphatic rings. The zero-order valence-electron chi connectivity index (χ0n) is 11.9. The van der Waals surface area contributed by atoms with Crippen LogP contribution in [0.15, 0.2) is 18.2 Å². The Hall–Kier alpha value is -1.86. The van der Waals surface area contributed by atoms with Crippen LogP contribution in [0.5, 0.6) is 0 Å². The molecule has 0 radical (unpaired) electrons. The van der Waals surface area contributed by atoms with Crippen molar-refractivity contribution < 1.29 is 14.3 Å². The lowest BCUT2D eigenvalue weighted by atomic mass is 10.1. The third-order valence-electron chi connectivity index (χ3n) is 3.00. The summed E-state index contributed by atoms with van der Waals surface area (Å²) < 4.78 is 13.9. The summed E-state index contributed by atoms with van der Waals surface area (Å²) in [5.74, 6) is 4.47. The molecule has 0 fully saturated rings. The highest BCUT2D eigenvalue weighted by molar-refractivity contribution is 5.94. The second-order valence-corrected chi connectivity index (χ2v) is 4.46. The Morgan fingerprint density at radius 3 is 2.65 bits per heavy atom. The van der Waals surface area contributed by atoms with E-state index >= 15 is 0 Å². The minimum Gasteiger partial charge on any atom is -0.395 e. The minimum absolute atomic E-state index is 0.0224. The first-order valence-corrected chi connectivity index (χ1v) is 6.82. The van der Waals surface area contributed by atoms with Crippen LogP contribution in [0, 0.1) is 17.7 Å². The minimum atomic E-state index is -0.579. The number of nitrogens with one attached hydrogen (secondary N) is 1. The summed E-state index contributed by atoms with van der Waals surface area (Å²) >= 11 is 0. The van der Waals surface area contributed by atoms with Gasteiger partial charge in [0.2, 0.25) is 0 Å². The first-order chi connectivity index (χ1) is 9.62. The number of carbonyl (C=O) groups is 1. The van der Waals surface area contributed by atoms with E-state index in [1.165, 1.54) is 12.1 Å². The average molecular weight is 277 g/mol. The quantitative estimate of drug-likeness (QED) is 0.812. The molecule has 0 bridgehead atoms. The third-order valence-corrected chi connectivity index (χ3v) is 3.00. The molecule has 1 aromatic rings. The van der Waals surface area contributed by atoms with Crippen LogP contribution in [0.25, 0.3) is 0 Å². The van der Waals surface area contributed by atoms with Crippen LogP contribution in [0.3, 0.4) is 0 Å². The molecular formula is C16H20FNO2. The molecule has 0 heterocycles. The molecule has 0 aromatic heterocycles. The normalized spacial score (nSPS) is 10.1. The molecule has 0 atom stereocenters. The van der Waals surface area contributed by atoms with Crippen molar-refractivity contribution in [1.82, 2.24) is 5.32 Å². The third kappa shape index (κ3) is 4.67. The predicted octanol–water partition coefficient (Wildman–Crippen LogP) is 2.48. The van der Waals surface area contributed by atoms with Crippen LogP contribution in [0.4, 0.5) is 4.39 Å². The highest BCUT2D eigenvalue weighted by Crippen LogP contribution is 2.11. The molecule has 20 heavy (non-hydrogen) atoms. The summed E-state index contributed by atoms with van der Waals surface area (Å²) in [4.78, 5) is 11.9. The first-order valence-electron chi connectivity index (χ1n) is 6.82. The monoisotopic (exact) mass is 277 g/mol. The molecule has 0 aliphatic heterocycles. The summed E-state index contributed by atoms with van der Waals surface area (Å²) in [5.41, 5.74) is 0.527. The van der Waals surface area contributed by atoms with Gasteiger partial charge in [-0.2, -0.15) is 0 Å². The molecule has 2 N–H and O–H groups in total. The first kappa shape index (κ1) is 16.2. The van der Waals surface area contributed by atoms with Crippen LogP contribution in [0.2, 0.25) is 0 Å². The van der Waals surface area contributed by atoms with Gasteiger partial charge in [0, 0.05) is 18.0 Å². The number of hydrogen-bond donors (Lipinski definition) is 2. The van der Waals surface area contributed by atoms with Crippen LogP contribution in [-0.4, -0.2) is 23.7 Å². The molecule has 0 unspecified atom stereocenters. The Balaban J connectivity index is 2.83. The molecule has 1 rings (SSSR count). The van der Waals surface area contributed by atoms with Crippen molar-refractivity contribution in [1.29, 1.82) is 0 Å². The molecule has 0 saturated heterocycles. The number of benzene rings is 1. The fraction of sp³-hybridized carbons (Fsp3) is 0.438. The van der Waals surface area contributed by atoms with E-state index in [2.05, 4.69) is 17.2 Å². The maximum absolute atomic E-state index is 13.9. The fourth-order valence-electron chi connectivity index (χ4n) is 1.75. The van der Waals surface area contributed by atoms with E-state index in [1.54, 1.807) is 6.07 Å². The number of aliphatic hydroxyl groups is 1. The Kier molecular flexibility index (Phi) is 6.75. The second kappa shape index (κ2) is 8.34. The zero-order valence-corrected chi connectivity index (χ0v) is 11.9. The average Bonchev–Trinajstić information content (AvgIpc) is 2.45. The van der Waals surface area contributed by atoms with Gasteiger partial charge in [0.1, 0.15) is 5.82 Å². The molecule has 3 nitrogen and oxygen atoms in total. The van der Waals surface area contributed by atoms with E-state index in [4.69, 9.17) is 5.11 Å². The van der Waals surface area contributed by atoms with Gasteiger partial charge in [-0.25, -0.2) is 4.39 Å². The second-order valence-electron chi connectivity index (χ2n) is 4.46. The van der Waals surface area contributed by atoms with Gasteiger partial charge < -0.3 is 10.4 Å². The Morgan fingerprint density at radius 2 is 2.10 bits per heavy atom. The maximum Gasteiger partial charge on any atom is 0.254 e. The molecule has 0 spiro atoms. The highest BCUT2D eigenvalue weighted by Gasteiger charge is 2.14. The van der Waals surface area contributed by atoms with Gasteiger partial charge in [-0.05, 0) is 31.0 Å². The molecule has 0 aliphatic carbocycles. The van der Waals surface area contributed by atoms with Crippen LogP contribution < -0.4 is 5.32 Å². The lowest BCUT2D eigenvalue weighted by molar-refractivity contribution is 0.0931. The molecule has 1 amide bonds. The van der Waals surface area contributed by atoms with Crippen LogP contribution >= 0.6 is 0 Å². The summed E-state index contributed by atoms with van der Waals surface area (Å²) in [6.45, 7) is 3.93. The van der Waals surface area contributed by atoms with Crippen molar-refractivity contribution >= 4 is 5.91 Å². The van der Waals surface area contributed by atoms with E-state index in [1.807, 2.05) is 13.8 Å². The molecular weight excluding hydrogens is 257 g/mol. The SMILES string of the molecule is CCC(CC)NC(=O)c1ccc(C#CCCO)cc1F. The van der Waals surface area contributed by atoms with E-state index < -0.39 is 11.7 Å². The van der Waals surface area contributed by atoms with E-state index in [9.17, 15) is 9.18 Å². The predicted molar refractivity (Wildman–Crippen MR) is 76.8 cm³/mol. The van der Waals surface area contributed by atoms with Gasteiger partial charge >= 0.3 is 0 Å². The smallest absolute Gasteiger partial charge is 0.254 e. The van der Waals surface area contributed by atoms with Crippen molar-refractivity contribution in [2.45, 2.75) is 39.2 Å². The van der Waals surface area contributed by atoms with Crippen LogP contribution in [0.1, 0.15) is 49.0 Å². The maximum atomic E-state index is 13.9. The zero-order chi connectivity index (χ0) is 15.0. The largest absolute Gasteiger partial charge is 0.395 e. The van der Waals surface area contributed by atoms with Crippen molar-refractivity contribution in [2.75, 3.05) is 6.61 Å². The summed E-state index contributed by atoms with van der Waals surface area (Å²) in [6.07, 6.45) is 1.97. The molecule has 108 valence electrons. The summed E-state index contributed by atoms with van der Waals surface area (Å²) in [7, 11) is 0. The van der Waals surface area contributed by atoms with E-state index in [0.29, 0.717) is 12.0 Å². The van der Waals surface area contributed by atoms with Crippen molar-refractivity contribution in [3.05, 3.63) is 35.1 Å². The van der Waals surface area contributed by atoms with Gasteiger partial charge in [0.25, 0.3) is 5.91 Å². The number of carbonyl (C=O) groups excluding carboxylic acids is 1.